The molecule has 0 heterocycles. The van der Waals surface area contributed by atoms with Crippen LogP contribution in [-0.4, -0.2) is 17.3 Å². The Morgan fingerprint density at radius 2 is 1.82 bits per heavy atom. The molecule has 0 aromatic heterocycles. The molecule has 1 rings (SSSR count). The van der Waals surface area contributed by atoms with Gasteiger partial charge in [0.15, 0.2) is 11.5 Å². The third-order valence-electron chi connectivity index (χ3n) is 1.50. The van der Waals surface area contributed by atoms with Crippen molar-refractivity contribution in [2.75, 3.05) is 7.11 Å². The predicted molar refractivity (Wildman–Crippen MR) is 41.1 cm³/mol. The van der Waals surface area contributed by atoms with E-state index in [-0.39, 0.29) is 11.5 Å². The number of phenolic OH excluding ortho intramolecular Hbond substituents is 2. The maximum Gasteiger partial charge on any atom is 0.161 e. The average molecular weight is 154 g/mol. The van der Waals surface area contributed by atoms with E-state index in [4.69, 9.17) is 14.9 Å². The van der Waals surface area contributed by atoms with Crippen molar-refractivity contribution in [3.63, 3.8) is 0 Å². The summed E-state index contributed by atoms with van der Waals surface area (Å²) in [7, 11) is 1.46. The van der Waals surface area contributed by atoms with E-state index in [1.165, 1.54) is 13.2 Å². The second-order valence-corrected chi connectivity index (χ2v) is 2.31. The van der Waals surface area contributed by atoms with E-state index in [1.807, 2.05) is 0 Å². The first kappa shape index (κ1) is 7.72. The monoisotopic (exact) mass is 154 g/mol. The zero-order chi connectivity index (χ0) is 8.43. The number of methoxy groups -OCH3 is 1. The summed E-state index contributed by atoms with van der Waals surface area (Å²) in [4.78, 5) is 0. The van der Waals surface area contributed by atoms with Crippen LogP contribution in [0.1, 0.15) is 5.56 Å². The molecule has 0 saturated heterocycles. The molecule has 0 amide bonds. The standard InChI is InChI=1S/C8H10O3/c1-5-3-8(11-2)7(10)4-6(5)9/h3-4,9-10H,1-2H3. The SMILES string of the molecule is COc1cc(C)c(O)cc1O. The molecule has 0 aliphatic rings. The molecular formula is C8H10O3. The molecule has 11 heavy (non-hydrogen) atoms. The van der Waals surface area contributed by atoms with Crippen LogP contribution in [0.3, 0.4) is 0 Å². The molecule has 0 spiro atoms. The van der Waals surface area contributed by atoms with Crippen molar-refractivity contribution in [1.82, 2.24) is 0 Å². The second-order valence-electron chi connectivity index (χ2n) is 2.31. The highest BCUT2D eigenvalue weighted by Crippen LogP contribution is 2.32. The number of aromatic hydroxyl groups is 2. The Morgan fingerprint density at radius 1 is 1.18 bits per heavy atom. The molecule has 0 fully saturated rings. The van der Waals surface area contributed by atoms with E-state index in [0.717, 1.165) is 0 Å². The van der Waals surface area contributed by atoms with Gasteiger partial charge < -0.3 is 14.9 Å². The normalized spacial score (nSPS) is 9.64. The molecule has 3 nitrogen and oxygen atoms in total. The molecule has 1 aromatic carbocycles. The minimum Gasteiger partial charge on any atom is -0.508 e. The number of benzene rings is 1. The number of rotatable bonds is 1. The van der Waals surface area contributed by atoms with E-state index in [9.17, 15) is 0 Å². The highest BCUT2D eigenvalue weighted by molar-refractivity contribution is 5.48. The molecule has 1 aromatic rings. The van der Waals surface area contributed by atoms with Crippen molar-refractivity contribution in [2.45, 2.75) is 6.92 Å². The van der Waals surface area contributed by atoms with E-state index >= 15 is 0 Å². The summed E-state index contributed by atoms with van der Waals surface area (Å²) in [6.45, 7) is 1.73. The number of hydrogen-bond donors (Lipinski definition) is 2. The van der Waals surface area contributed by atoms with Crippen molar-refractivity contribution in [3.8, 4) is 17.2 Å². The fourth-order valence-corrected chi connectivity index (χ4v) is 0.822. The summed E-state index contributed by atoms with van der Waals surface area (Å²) < 4.78 is 4.82. The number of phenols is 2. The molecule has 0 aliphatic carbocycles. The Kier molecular flexibility index (Phi) is 1.89. The lowest BCUT2D eigenvalue weighted by Gasteiger charge is -2.05. The maximum atomic E-state index is 9.13. The molecule has 0 saturated carbocycles. The van der Waals surface area contributed by atoms with Crippen LogP contribution < -0.4 is 4.74 Å². The summed E-state index contributed by atoms with van der Waals surface area (Å²) in [5, 5.41) is 18.2. The van der Waals surface area contributed by atoms with Gasteiger partial charge in [0.25, 0.3) is 0 Å². The van der Waals surface area contributed by atoms with Gasteiger partial charge in [-0.1, -0.05) is 0 Å². The van der Waals surface area contributed by atoms with Gasteiger partial charge in [-0.2, -0.15) is 0 Å². The van der Waals surface area contributed by atoms with Gasteiger partial charge in [-0.25, -0.2) is 0 Å². The van der Waals surface area contributed by atoms with E-state index < -0.39 is 0 Å². The van der Waals surface area contributed by atoms with Crippen LogP contribution >= 0.6 is 0 Å². The minimum absolute atomic E-state index is 0.0457. The lowest BCUT2D eigenvalue weighted by Crippen LogP contribution is -1.84. The zero-order valence-electron chi connectivity index (χ0n) is 6.46. The molecular weight excluding hydrogens is 144 g/mol. The summed E-state index contributed by atoms with van der Waals surface area (Å²) >= 11 is 0. The highest BCUT2D eigenvalue weighted by atomic mass is 16.5. The van der Waals surface area contributed by atoms with Crippen LogP contribution in [0.15, 0.2) is 12.1 Å². The van der Waals surface area contributed by atoms with Crippen molar-refractivity contribution >= 4 is 0 Å². The molecule has 0 bridgehead atoms. The van der Waals surface area contributed by atoms with Crippen LogP contribution in [0.5, 0.6) is 17.2 Å². The van der Waals surface area contributed by atoms with Gasteiger partial charge in [-0.3, -0.25) is 0 Å². The first-order valence-corrected chi connectivity index (χ1v) is 3.21. The van der Waals surface area contributed by atoms with Gasteiger partial charge in [-0.05, 0) is 18.6 Å². The van der Waals surface area contributed by atoms with Gasteiger partial charge in [0.1, 0.15) is 5.75 Å². The van der Waals surface area contributed by atoms with E-state index in [2.05, 4.69) is 0 Å². The highest BCUT2D eigenvalue weighted by Gasteiger charge is 2.04. The van der Waals surface area contributed by atoms with Crippen molar-refractivity contribution in [1.29, 1.82) is 0 Å². The van der Waals surface area contributed by atoms with E-state index in [0.29, 0.717) is 11.3 Å². The average Bonchev–Trinajstić information content (AvgIpc) is 1.97. The van der Waals surface area contributed by atoms with Crippen LogP contribution in [0, 0.1) is 6.92 Å². The lowest BCUT2D eigenvalue weighted by atomic mass is 10.2. The third kappa shape index (κ3) is 1.37. The Labute approximate surface area is 64.9 Å². The lowest BCUT2D eigenvalue weighted by molar-refractivity contribution is 0.369. The fraction of sp³-hybridized carbons (Fsp3) is 0.250. The van der Waals surface area contributed by atoms with Crippen molar-refractivity contribution in [3.05, 3.63) is 17.7 Å². The van der Waals surface area contributed by atoms with Crippen molar-refractivity contribution < 1.29 is 14.9 Å². The second kappa shape index (κ2) is 2.70. The van der Waals surface area contributed by atoms with Crippen LogP contribution in [-0.2, 0) is 0 Å². The van der Waals surface area contributed by atoms with Gasteiger partial charge in [0.05, 0.1) is 7.11 Å². The molecule has 2 N–H and O–H groups in total. The van der Waals surface area contributed by atoms with Crippen LogP contribution in [0.2, 0.25) is 0 Å². The summed E-state index contributed by atoms with van der Waals surface area (Å²) in [5.41, 5.74) is 0.680. The quantitative estimate of drug-likeness (QED) is 0.643. The van der Waals surface area contributed by atoms with E-state index in [1.54, 1.807) is 13.0 Å². The first-order chi connectivity index (χ1) is 5.15. The Hall–Kier alpha value is -1.38. The number of hydrogen-bond acceptors (Lipinski definition) is 3. The molecule has 0 radical (unpaired) electrons. The Balaban J connectivity index is 3.21. The topological polar surface area (TPSA) is 49.7 Å². The zero-order valence-corrected chi connectivity index (χ0v) is 6.46. The Morgan fingerprint density at radius 3 is 2.36 bits per heavy atom. The molecule has 0 unspecified atom stereocenters. The number of aryl methyl sites for hydroxylation is 1. The summed E-state index contributed by atoms with van der Waals surface area (Å²) in [6, 6.07) is 2.83. The van der Waals surface area contributed by atoms with Crippen molar-refractivity contribution in [2.24, 2.45) is 0 Å². The number of ether oxygens (including phenoxy) is 1. The largest absolute Gasteiger partial charge is 0.508 e. The molecule has 60 valence electrons. The maximum absolute atomic E-state index is 9.13. The molecule has 3 heteroatoms. The smallest absolute Gasteiger partial charge is 0.161 e. The third-order valence-corrected chi connectivity index (χ3v) is 1.50. The van der Waals surface area contributed by atoms with Gasteiger partial charge in [0.2, 0.25) is 0 Å². The van der Waals surface area contributed by atoms with Gasteiger partial charge in [-0.15, -0.1) is 0 Å². The summed E-state index contributed by atoms with van der Waals surface area (Å²) in [5.74, 6) is 0.402. The molecule has 0 aliphatic heterocycles. The summed E-state index contributed by atoms with van der Waals surface area (Å²) in [6.07, 6.45) is 0. The first-order valence-electron chi connectivity index (χ1n) is 3.21. The minimum atomic E-state index is -0.0457. The van der Waals surface area contributed by atoms with Gasteiger partial charge >= 0.3 is 0 Å². The van der Waals surface area contributed by atoms with Gasteiger partial charge in [0, 0.05) is 6.07 Å². The molecule has 0 atom stereocenters. The Bertz CT molecular complexity index is 268. The predicted octanol–water partition coefficient (Wildman–Crippen LogP) is 1.41. The fourth-order valence-electron chi connectivity index (χ4n) is 0.822. The van der Waals surface area contributed by atoms with Crippen LogP contribution in [0.4, 0.5) is 0 Å². The van der Waals surface area contributed by atoms with Crippen LogP contribution in [0.25, 0.3) is 0 Å².